The molecule has 1 aromatic heterocycles. The van der Waals surface area contributed by atoms with Gasteiger partial charge in [0.25, 0.3) is 5.91 Å². The van der Waals surface area contributed by atoms with Gasteiger partial charge in [-0.25, -0.2) is 9.37 Å². The Morgan fingerprint density at radius 1 is 1.35 bits per heavy atom. The molecular formula is C19H23FN4OS. The van der Waals surface area contributed by atoms with Crippen molar-refractivity contribution in [2.45, 2.75) is 31.3 Å². The molecule has 1 aliphatic heterocycles. The molecule has 1 saturated carbocycles. The smallest absolute Gasteiger partial charge is 0.274 e. The summed E-state index contributed by atoms with van der Waals surface area (Å²) in [5.74, 6) is 0.172. The number of benzene rings is 1. The Labute approximate surface area is 156 Å². The number of piperidine rings is 1. The SMILES string of the molecule is CN(C)c1nc(C(=O)N2[C@H]3CC[C@H](C3)[C@@H]2CN)c(-c2ccc(F)cc2)s1. The van der Waals surface area contributed by atoms with Gasteiger partial charge in [0.2, 0.25) is 0 Å². The highest BCUT2D eigenvalue weighted by molar-refractivity contribution is 7.19. The van der Waals surface area contributed by atoms with E-state index in [-0.39, 0.29) is 23.8 Å². The normalized spacial score (nSPS) is 24.3. The van der Waals surface area contributed by atoms with Crippen LogP contribution in [0.15, 0.2) is 24.3 Å². The van der Waals surface area contributed by atoms with Gasteiger partial charge in [0.1, 0.15) is 11.5 Å². The molecule has 2 N–H and O–H groups in total. The number of halogens is 1. The van der Waals surface area contributed by atoms with Crippen LogP contribution < -0.4 is 10.6 Å². The number of anilines is 1. The molecule has 5 nitrogen and oxygen atoms in total. The summed E-state index contributed by atoms with van der Waals surface area (Å²) in [6.07, 6.45) is 3.24. The monoisotopic (exact) mass is 374 g/mol. The maximum atomic E-state index is 13.4. The van der Waals surface area contributed by atoms with Crippen molar-refractivity contribution in [1.29, 1.82) is 0 Å². The van der Waals surface area contributed by atoms with Crippen molar-refractivity contribution < 1.29 is 9.18 Å². The van der Waals surface area contributed by atoms with Gasteiger partial charge in [-0.3, -0.25) is 4.79 Å². The number of likely N-dealkylation sites (tertiary alicyclic amines) is 1. The first-order chi connectivity index (χ1) is 12.5. The van der Waals surface area contributed by atoms with Crippen molar-refractivity contribution in [2.75, 3.05) is 25.5 Å². The minimum Gasteiger partial charge on any atom is -0.354 e. The number of aromatic nitrogens is 1. The second-order valence-corrected chi connectivity index (χ2v) is 8.30. The third kappa shape index (κ3) is 2.79. The first-order valence-corrected chi connectivity index (χ1v) is 9.78. The molecule has 2 heterocycles. The van der Waals surface area contributed by atoms with E-state index in [0.717, 1.165) is 34.8 Å². The Morgan fingerprint density at radius 3 is 2.73 bits per heavy atom. The second kappa shape index (κ2) is 6.63. The minimum absolute atomic E-state index is 0.0451. The molecule has 1 aromatic carbocycles. The third-order valence-electron chi connectivity index (χ3n) is 5.52. The van der Waals surface area contributed by atoms with E-state index in [1.165, 1.54) is 23.5 Å². The van der Waals surface area contributed by atoms with Crippen molar-refractivity contribution in [2.24, 2.45) is 11.7 Å². The molecule has 3 atom stereocenters. The average Bonchev–Trinajstić information content (AvgIpc) is 3.35. The average molecular weight is 374 g/mol. The molecule has 138 valence electrons. The summed E-state index contributed by atoms with van der Waals surface area (Å²) >= 11 is 1.46. The van der Waals surface area contributed by atoms with Crippen LogP contribution in [0, 0.1) is 11.7 Å². The fourth-order valence-electron chi connectivity index (χ4n) is 4.28. The molecule has 2 fully saturated rings. The number of nitrogens with two attached hydrogens (primary N) is 1. The van der Waals surface area contributed by atoms with Gasteiger partial charge in [-0.1, -0.05) is 23.5 Å². The van der Waals surface area contributed by atoms with Gasteiger partial charge in [-0.15, -0.1) is 0 Å². The highest BCUT2D eigenvalue weighted by atomic mass is 32.1. The predicted molar refractivity (Wildman–Crippen MR) is 102 cm³/mol. The quantitative estimate of drug-likeness (QED) is 0.894. The van der Waals surface area contributed by atoms with Gasteiger partial charge in [0, 0.05) is 32.7 Å². The predicted octanol–water partition coefficient (Wildman–Crippen LogP) is 2.97. The van der Waals surface area contributed by atoms with Crippen LogP contribution >= 0.6 is 11.3 Å². The lowest BCUT2D eigenvalue weighted by Gasteiger charge is -2.34. The minimum atomic E-state index is -0.293. The van der Waals surface area contributed by atoms with Crippen LogP contribution in [0.1, 0.15) is 29.8 Å². The van der Waals surface area contributed by atoms with Crippen molar-refractivity contribution in [3.8, 4) is 10.4 Å². The molecule has 0 spiro atoms. The molecular weight excluding hydrogens is 351 g/mol. The summed E-state index contributed by atoms with van der Waals surface area (Å²) in [6, 6.07) is 6.61. The first kappa shape index (κ1) is 17.4. The Bertz CT molecular complexity index is 819. The zero-order valence-corrected chi connectivity index (χ0v) is 15.8. The molecule has 26 heavy (non-hydrogen) atoms. The lowest BCUT2D eigenvalue weighted by atomic mass is 9.98. The number of hydrogen-bond donors (Lipinski definition) is 1. The topological polar surface area (TPSA) is 62.5 Å². The number of amides is 1. The summed E-state index contributed by atoms with van der Waals surface area (Å²) in [4.78, 5) is 22.7. The van der Waals surface area contributed by atoms with E-state index in [0.29, 0.717) is 18.2 Å². The van der Waals surface area contributed by atoms with Gasteiger partial charge in [-0.05, 0) is 42.9 Å². The van der Waals surface area contributed by atoms with Crippen molar-refractivity contribution in [3.05, 3.63) is 35.8 Å². The van der Waals surface area contributed by atoms with Crippen LogP contribution in [0.3, 0.4) is 0 Å². The second-order valence-electron chi connectivity index (χ2n) is 7.32. The van der Waals surface area contributed by atoms with Gasteiger partial charge in [0.05, 0.1) is 4.88 Å². The summed E-state index contributed by atoms with van der Waals surface area (Å²) in [7, 11) is 3.81. The third-order valence-corrected chi connectivity index (χ3v) is 6.80. The van der Waals surface area contributed by atoms with Crippen LogP contribution in [0.25, 0.3) is 10.4 Å². The van der Waals surface area contributed by atoms with Gasteiger partial charge in [0.15, 0.2) is 5.13 Å². The summed E-state index contributed by atoms with van der Waals surface area (Å²) < 4.78 is 13.3. The molecule has 0 radical (unpaired) electrons. The molecule has 2 aliphatic rings. The molecule has 1 amide bonds. The number of carbonyl (C=O) groups excluding carboxylic acids is 1. The Kier molecular flexibility index (Phi) is 4.44. The summed E-state index contributed by atoms with van der Waals surface area (Å²) in [5, 5.41) is 0.765. The lowest BCUT2D eigenvalue weighted by Crippen LogP contribution is -2.48. The lowest BCUT2D eigenvalue weighted by molar-refractivity contribution is 0.0598. The number of hydrogen-bond acceptors (Lipinski definition) is 5. The molecule has 4 rings (SSSR count). The number of fused-ring (bicyclic) bond motifs is 2. The Morgan fingerprint density at radius 2 is 2.08 bits per heavy atom. The summed E-state index contributed by atoms with van der Waals surface area (Å²) in [6.45, 7) is 0.490. The fraction of sp³-hybridized carbons (Fsp3) is 0.474. The molecule has 1 saturated heterocycles. The van der Waals surface area contributed by atoms with E-state index in [1.807, 2.05) is 23.9 Å². The van der Waals surface area contributed by atoms with Crippen molar-refractivity contribution in [1.82, 2.24) is 9.88 Å². The molecule has 2 bridgehead atoms. The molecule has 1 aliphatic carbocycles. The molecule has 2 aromatic rings. The van der Waals surface area contributed by atoms with E-state index in [1.54, 1.807) is 12.1 Å². The van der Waals surface area contributed by atoms with E-state index < -0.39 is 0 Å². The van der Waals surface area contributed by atoms with E-state index in [9.17, 15) is 9.18 Å². The van der Waals surface area contributed by atoms with Gasteiger partial charge >= 0.3 is 0 Å². The van der Waals surface area contributed by atoms with Crippen LogP contribution in [0.5, 0.6) is 0 Å². The highest BCUT2D eigenvalue weighted by Gasteiger charge is 2.48. The zero-order valence-electron chi connectivity index (χ0n) is 15.0. The van der Waals surface area contributed by atoms with E-state index in [4.69, 9.17) is 5.73 Å². The zero-order chi connectivity index (χ0) is 18.4. The number of thiazole rings is 1. The maximum Gasteiger partial charge on any atom is 0.274 e. The molecule has 7 heteroatoms. The maximum absolute atomic E-state index is 13.4. The van der Waals surface area contributed by atoms with Gasteiger partial charge in [-0.2, -0.15) is 0 Å². The summed E-state index contributed by atoms with van der Waals surface area (Å²) in [5.41, 5.74) is 7.25. The highest BCUT2D eigenvalue weighted by Crippen LogP contribution is 2.44. The van der Waals surface area contributed by atoms with E-state index in [2.05, 4.69) is 4.98 Å². The largest absolute Gasteiger partial charge is 0.354 e. The molecule has 0 unspecified atom stereocenters. The fourth-order valence-corrected chi connectivity index (χ4v) is 5.26. The Balaban J connectivity index is 1.75. The number of nitrogens with zero attached hydrogens (tertiary/aromatic N) is 3. The van der Waals surface area contributed by atoms with Crippen LogP contribution in [0.2, 0.25) is 0 Å². The Hall–Kier alpha value is -1.99. The van der Waals surface area contributed by atoms with Crippen LogP contribution in [0.4, 0.5) is 9.52 Å². The standard InChI is InChI=1S/C19H23FN4OS/c1-23(2)19-22-16(17(26-19)11-3-6-13(20)7-4-11)18(25)24-14-8-5-12(9-14)15(24)10-21/h3-4,6-7,12,14-15H,5,8-10,21H2,1-2H3/t12-,14+,15+/m1/s1. The number of carbonyl (C=O) groups is 1. The number of rotatable bonds is 4. The van der Waals surface area contributed by atoms with Gasteiger partial charge < -0.3 is 15.5 Å². The first-order valence-electron chi connectivity index (χ1n) is 8.96. The van der Waals surface area contributed by atoms with Crippen LogP contribution in [-0.4, -0.2) is 48.5 Å². The van der Waals surface area contributed by atoms with Crippen molar-refractivity contribution >= 4 is 22.4 Å². The van der Waals surface area contributed by atoms with Crippen LogP contribution in [-0.2, 0) is 0 Å². The van der Waals surface area contributed by atoms with Crippen molar-refractivity contribution in [3.63, 3.8) is 0 Å². The van der Waals surface area contributed by atoms with E-state index >= 15 is 0 Å².